The summed E-state index contributed by atoms with van der Waals surface area (Å²) in [6.07, 6.45) is 2.07. The summed E-state index contributed by atoms with van der Waals surface area (Å²) >= 11 is 0. The first-order chi connectivity index (χ1) is 4.16. The highest BCUT2D eigenvalue weighted by molar-refractivity contribution is 5.99. The van der Waals surface area contributed by atoms with Gasteiger partial charge in [-0.25, -0.2) is 0 Å². The highest BCUT2D eigenvalue weighted by Crippen LogP contribution is 1.94. The fraction of sp³-hybridized carbons (Fsp3) is 0.714. The SMILES string of the molecule is CCCC(=N)CC(C)=O. The van der Waals surface area contributed by atoms with Gasteiger partial charge < -0.3 is 5.41 Å². The molecule has 0 amide bonds. The number of nitrogens with one attached hydrogen (secondary N) is 1. The van der Waals surface area contributed by atoms with Crippen LogP contribution in [0.25, 0.3) is 0 Å². The minimum atomic E-state index is 0.0912. The van der Waals surface area contributed by atoms with Crippen LogP contribution in [0.4, 0.5) is 0 Å². The second kappa shape index (κ2) is 4.24. The predicted octanol–water partition coefficient (Wildman–Crippen LogP) is 1.79. The van der Waals surface area contributed by atoms with Gasteiger partial charge in [0, 0.05) is 12.1 Å². The van der Waals surface area contributed by atoms with Gasteiger partial charge in [-0.05, 0) is 13.3 Å². The molecule has 0 aliphatic heterocycles. The summed E-state index contributed by atoms with van der Waals surface area (Å²) in [6, 6.07) is 0. The minimum Gasteiger partial charge on any atom is -0.309 e. The number of carbonyl (C=O) groups excluding carboxylic acids is 1. The number of ketones is 1. The Morgan fingerprint density at radius 2 is 2.11 bits per heavy atom. The lowest BCUT2D eigenvalue weighted by Gasteiger charge is -1.95. The summed E-state index contributed by atoms with van der Waals surface area (Å²) in [5.74, 6) is 0.0912. The number of carbonyl (C=O) groups is 1. The van der Waals surface area contributed by atoms with Gasteiger partial charge in [-0.15, -0.1) is 0 Å². The molecule has 9 heavy (non-hydrogen) atoms. The van der Waals surface area contributed by atoms with E-state index in [0.29, 0.717) is 12.1 Å². The Morgan fingerprint density at radius 1 is 1.56 bits per heavy atom. The fourth-order valence-corrected chi connectivity index (χ4v) is 0.691. The van der Waals surface area contributed by atoms with Crippen molar-refractivity contribution in [1.29, 1.82) is 5.41 Å². The van der Waals surface area contributed by atoms with E-state index in [9.17, 15) is 4.79 Å². The Kier molecular flexibility index (Phi) is 3.93. The third-order valence-electron chi connectivity index (χ3n) is 1.01. The molecule has 0 saturated heterocycles. The Bertz CT molecular complexity index is 118. The first-order valence-electron chi connectivity index (χ1n) is 3.22. The largest absolute Gasteiger partial charge is 0.309 e. The molecular weight excluding hydrogens is 114 g/mol. The maximum absolute atomic E-state index is 10.4. The van der Waals surface area contributed by atoms with Gasteiger partial charge in [0.1, 0.15) is 5.78 Å². The predicted molar refractivity (Wildman–Crippen MR) is 37.9 cm³/mol. The van der Waals surface area contributed by atoms with E-state index in [0.717, 1.165) is 12.8 Å². The van der Waals surface area contributed by atoms with E-state index in [-0.39, 0.29) is 5.78 Å². The quantitative estimate of drug-likeness (QED) is 0.574. The lowest BCUT2D eigenvalue weighted by atomic mass is 10.1. The smallest absolute Gasteiger partial charge is 0.135 e. The van der Waals surface area contributed by atoms with Crippen LogP contribution < -0.4 is 0 Å². The Morgan fingerprint density at radius 3 is 2.44 bits per heavy atom. The molecule has 2 nitrogen and oxygen atoms in total. The molecule has 0 rings (SSSR count). The van der Waals surface area contributed by atoms with Gasteiger partial charge in [0.05, 0.1) is 0 Å². The molecule has 0 radical (unpaired) electrons. The first-order valence-corrected chi connectivity index (χ1v) is 3.22. The van der Waals surface area contributed by atoms with Crippen LogP contribution in [-0.4, -0.2) is 11.5 Å². The Hall–Kier alpha value is -0.660. The van der Waals surface area contributed by atoms with Crippen molar-refractivity contribution in [2.45, 2.75) is 33.1 Å². The average Bonchev–Trinajstić information content (AvgIpc) is 1.63. The number of hydrogen-bond donors (Lipinski definition) is 1. The summed E-state index contributed by atoms with van der Waals surface area (Å²) < 4.78 is 0. The lowest BCUT2D eigenvalue weighted by Crippen LogP contribution is -2.01. The molecule has 0 fully saturated rings. The van der Waals surface area contributed by atoms with Crippen molar-refractivity contribution in [2.75, 3.05) is 0 Å². The van der Waals surface area contributed by atoms with Crippen molar-refractivity contribution in [1.82, 2.24) is 0 Å². The van der Waals surface area contributed by atoms with Crippen LogP contribution >= 0.6 is 0 Å². The summed E-state index contributed by atoms with van der Waals surface area (Å²) in [4.78, 5) is 10.4. The molecule has 1 N–H and O–H groups in total. The first kappa shape index (κ1) is 8.34. The number of hydrogen-bond acceptors (Lipinski definition) is 2. The van der Waals surface area contributed by atoms with E-state index in [2.05, 4.69) is 0 Å². The van der Waals surface area contributed by atoms with E-state index < -0.39 is 0 Å². The van der Waals surface area contributed by atoms with Crippen LogP contribution in [0.3, 0.4) is 0 Å². The Labute approximate surface area is 55.8 Å². The topological polar surface area (TPSA) is 40.9 Å². The molecule has 0 atom stereocenters. The molecule has 0 heterocycles. The van der Waals surface area contributed by atoms with E-state index in [4.69, 9.17) is 5.41 Å². The molecule has 0 aliphatic carbocycles. The molecule has 0 aromatic carbocycles. The van der Waals surface area contributed by atoms with Crippen LogP contribution in [0.1, 0.15) is 33.1 Å². The van der Waals surface area contributed by atoms with Gasteiger partial charge >= 0.3 is 0 Å². The van der Waals surface area contributed by atoms with Crippen molar-refractivity contribution in [3.05, 3.63) is 0 Å². The van der Waals surface area contributed by atoms with Crippen molar-refractivity contribution >= 4 is 11.5 Å². The average molecular weight is 127 g/mol. The summed E-state index contributed by atoms with van der Waals surface area (Å²) in [6.45, 7) is 3.53. The molecule has 0 aromatic rings. The zero-order valence-corrected chi connectivity index (χ0v) is 6.03. The Balaban J connectivity index is 3.39. The number of Topliss-reactive ketones (excluding diaryl/α,β-unsaturated/α-hetero) is 1. The molecule has 0 aromatic heterocycles. The van der Waals surface area contributed by atoms with Crippen molar-refractivity contribution in [2.24, 2.45) is 0 Å². The van der Waals surface area contributed by atoms with E-state index >= 15 is 0 Å². The van der Waals surface area contributed by atoms with Crippen LogP contribution in [0.15, 0.2) is 0 Å². The zero-order valence-electron chi connectivity index (χ0n) is 6.03. The standard InChI is InChI=1S/C7H13NO/c1-3-4-7(8)5-6(2)9/h8H,3-5H2,1-2H3. The summed E-state index contributed by atoms with van der Waals surface area (Å²) in [5.41, 5.74) is 0.560. The van der Waals surface area contributed by atoms with Gasteiger partial charge in [0.2, 0.25) is 0 Å². The minimum absolute atomic E-state index is 0.0912. The van der Waals surface area contributed by atoms with E-state index in [1.807, 2.05) is 6.92 Å². The maximum atomic E-state index is 10.4. The second-order valence-corrected chi connectivity index (χ2v) is 2.23. The summed E-state index contributed by atoms with van der Waals surface area (Å²) in [5, 5.41) is 7.20. The van der Waals surface area contributed by atoms with Gasteiger partial charge in [0.15, 0.2) is 0 Å². The highest BCUT2D eigenvalue weighted by atomic mass is 16.1. The normalized spacial score (nSPS) is 9.11. The monoisotopic (exact) mass is 127 g/mol. The van der Waals surface area contributed by atoms with Gasteiger partial charge in [-0.3, -0.25) is 4.79 Å². The van der Waals surface area contributed by atoms with Crippen LogP contribution in [0.2, 0.25) is 0 Å². The molecule has 52 valence electrons. The maximum Gasteiger partial charge on any atom is 0.135 e. The van der Waals surface area contributed by atoms with Crippen molar-refractivity contribution in [3.8, 4) is 0 Å². The molecule has 2 heteroatoms. The number of rotatable bonds is 4. The lowest BCUT2D eigenvalue weighted by molar-refractivity contribution is -0.115. The molecule has 0 aliphatic rings. The van der Waals surface area contributed by atoms with E-state index in [1.54, 1.807) is 0 Å². The summed E-state index contributed by atoms with van der Waals surface area (Å²) in [7, 11) is 0. The van der Waals surface area contributed by atoms with Crippen molar-refractivity contribution in [3.63, 3.8) is 0 Å². The fourth-order valence-electron chi connectivity index (χ4n) is 0.691. The van der Waals surface area contributed by atoms with Crippen LogP contribution in [0.5, 0.6) is 0 Å². The molecule has 0 unspecified atom stereocenters. The van der Waals surface area contributed by atoms with Gasteiger partial charge in [0.25, 0.3) is 0 Å². The second-order valence-electron chi connectivity index (χ2n) is 2.23. The third-order valence-corrected chi connectivity index (χ3v) is 1.01. The van der Waals surface area contributed by atoms with Gasteiger partial charge in [-0.1, -0.05) is 13.3 Å². The molecule has 0 spiro atoms. The zero-order chi connectivity index (χ0) is 7.28. The van der Waals surface area contributed by atoms with Crippen LogP contribution in [-0.2, 0) is 4.79 Å². The van der Waals surface area contributed by atoms with Gasteiger partial charge in [-0.2, -0.15) is 0 Å². The molecule has 0 bridgehead atoms. The highest BCUT2D eigenvalue weighted by Gasteiger charge is 1.97. The third kappa shape index (κ3) is 5.21. The molecule has 0 saturated carbocycles. The van der Waals surface area contributed by atoms with Crippen molar-refractivity contribution < 1.29 is 4.79 Å². The van der Waals surface area contributed by atoms with E-state index in [1.165, 1.54) is 6.92 Å². The molecular formula is C7H13NO. The van der Waals surface area contributed by atoms with Crippen LogP contribution in [0, 0.1) is 5.41 Å².